The Kier molecular flexibility index (Phi) is 4.23. The van der Waals surface area contributed by atoms with E-state index in [1.807, 2.05) is 0 Å². The fourth-order valence-corrected chi connectivity index (χ4v) is 4.00. The first-order valence-corrected chi connectivity index (χ1v) is 9.64. The van der Waals surface area contributed by atoms with Crippen LogP contribution >= 0.6 is 0 Å². The van der Waals surface area contributed by atoms with Gasteiger partial charge in [-0.3, -0.25) is 0 Å². The topological polar surface area (TPSA) is 0 Å². The van der Waals surface area contributed by atoms with E-state index in [0.29, 0.717) is 0 Å². The van der Waals surface area contributed by atoms with Crippen molar-refractivity contribution in [2.24, 2.45) is 0 Å². The molecule has 0 spiro atoms. The molecule has 0 unspecified atom stereocenters. The maximum Gasteiger partial charge on any atom is -0.00148 e. The maximum absolute atomic E-state index is 2.24. The monoisotopic (exact) mass is 356 g/mol. The highest BCUT2D eigenvalue weighted by Gasteiger charge is 2.20. The predicted molar refractivity (Wildman–Crippen MR) is 120 cm³/mol. The Morgan fingerprint density at radius 1 is 0.393 bits per heavy atom. The quantitative estimate of drug-likeness (QED) is 0.314. The van der Waals surface area contributed by atoms with E-state index in [1.54, 1.807) is 0 Å². The van der Waals surface area contributed by atoms with E-state index in [9.17, 15) is 0 Å². The number of benzene rings is 4. The molecule has 0 aliphatic heterocycles. The lowest BCUT2D eigenvalue weighted by Gasteiger charge is -2.19. The molecule has 1 aliphatic rings. The molecule has 0 fully saturated rings. The second-order valence-electron chi connectivity index (χ2n) is 6.99. The van der Waals surface area contributed by atoms with Gasteiger partial charge in [0.2, 0.25) is 0 Å². The average molecular weight is 356 g/mol. The molecule has 1 aliphatic carbocycles. The van der Waals surface area contributed by atoms with Crippen LogP contribution in [0, 0.1) is 0 Å². The van der Waals surface area contributed by atoms with Crippen LogP contribution in [0.25, 0.3) is 23.3 Å². The lowest BCUT2D eigenvalue weighted by molar-refractivity contribution is 1.49. The fourth-order valence-electron chi connectivity index (χ4n) is 4.00. The van der Waals surface area contributed by atoms with Crippen LogP contribution in [0.1, 0.15) is 33.4 Å². The third kappa shape index (κ3) is 2.90. The minimum atomic E-state index is 1.23. The molecule has 4 aromatic carbocycles. The van der Waals surface area contributed by atoms with Crippen LogP contribution in [0.15, 0.2) is 109 Å². The van der Waals surface area contributed by atoms with E-state index in [2.05, 4.69) is 121 Å². The number of hydrogen-bond donors (Lipinski definition) is 0. The molecule has 0 saturated carbocycles. The molecule has 0 nitrogen and oxygen atoms in total. The Hall–Kier alpha value is -3.64. The second-order valence-corrected chi connectivity index (χ2v) is 6.99. The van der Waals surface area contributed by atoms with Crippen molar-refractivity contribution in [1.82, 2.24) is 0 Å². The van der Waals surface area contributed by atoms with E-state index in [0.717, 1.165) is 0 Å². The van der Waals surface area contributed by atoms with E-state index in [1.165, 1.54) is 44.5 Å². The Labute approximate surface area is 166 Å². The molecule has 0 saturated heterocycles. The summed E-state index contributed by atoms with van der Waals surface area (Å²) in [6, 6.07) is 38.8. The summed E-state index contributed by atoms with van der Waals surface area (Å²) in [4.78, 5) is 0. The van der Waals surface area contributed by atoms with E-state index < -0.39 is 0 Å². The zero-order valence-electron chi connectivity index (χ0n) is 15.5. The van der Waals surface area contributed by atoms with Crippen molar-refractivity contribution >= 4 is 23.3 Å². The normalized spacial score (nSPS) is 12.1. The molecule has 5 rings (SSSR count). The van der Waals surface area contributed by atoms with Gasteiger partial charge in [-0.25, -0.2) is 0 Å². The molecule has 0 atom stereocenters. The average Bonchev–Trinajstić information content (AvgIpc) is 2.93. The standard InChI is InChI=1S/C28H20/c1-3-13-23(14-4-1)27(24-15-5-2-6-16-24)28-25-17-9-7-11-21(25)19-20-22-12-8-10-18-26(22)28/h1-20H. The third-order valence-corrected chi connectivity index (χ3v) is 5.28. The van der Waals surface area contributed by atoms with Gasteiger partial charge in [-0.15, -0.1) is 0 Å². The molecule has 0 radical (unpaired) electrons. The van der Waals surface area contributed by atoms with Crippen molar-refractivity contribution in [1.29, 1.82) is 0 Å². The lowest BCUT2D eigenvalue weighted by atomic mass is 9.84. The van der Waals surface area contributed by atoms with Gasteiger partial charge < -0.3 is 0 Å². The van der Waals surface area contributed by atoms with Crippen molar-refractivity contribution in [2.75, 3.05) is 0 Å². The molecule has 0 bridgehead atoms. The number of fused-ring (bicyclic) bond motifs is 2. The van der Waals surface area contributed by atoms with Crippen LogP contribution in [0.2, 0.25) is 0 Å². The summed E-state index contributed by atoms with van der Waals surface area (Å²) < 4.78 is 0. The van der Waals surface area contributed by atoms with Crippen molar-refractivity contribution in [2.45, 2.75) is 0 Å². The van der Waals surface area contributed by atoms with Gasteiger partial charge in [0.05, 0.1) is 0 Å². The molecular formula is C28H20. The van der Waals surface area contributed by atoms with Gasteiger partial charge in [-0.05, 0) is 44.5 Å². The molecular weight excluding hydrogens is 336 g/mol. The SMILES string of the molecule is C1=Cc2ccccc2C(=C(c2ccccc2)c2ccccc2)c2ccccc21. The molecule has 132 valence electrons. The Bertz CT molecular complexity index is 1090. The van der Waals surface area contributed by atoms with Crippen LogP contribution in [0.5, 0.6) is 0 Å². The summed E-state index contributed by atoms with van der Waals surface area (Å²) in [7, 11) is 0. The van der Waals surface area contributed by atoms with E-state index >= 15 is 0 Å². The summed E-state index contributed by atoms with van der Waals surface area (Å²) >= 11 is 0. The number of hydrogen-bond acceptors (Lipinski definition) is 0. The summed E-state index contributed by atoms with van der Waals surface area (Å²) in [6.45, 7) is 0. The van der Waals surface area contributed by atoms with Gasteiger partial charge in [0, 0.05) is 0 Å². The smallest absolute Gasteiger partial charge is 0.00148 e. The van der Waals surface area contributed by atoms with Crippen molar-refractivity contribution in [3.8, 4) is 0 Å². The summed E-state index contributed by atoms with van der Waals surface area (Å²) in [5.41, 5.74) is 10.1. The lowest BCUT2D eigenvalue weighted by Crippen LogP contribution is -1.99. The molecule has 4 aromatic rings. The molecule has 0 heteroatoms. The first-order valence-electron chi connectivity index (χ1n) is 9.64. The molecule has 0 N–H and O–H groups in total. The summed E-state index contributed by atoms with van der Waals surface area (Å²) in [5.74, 6) is 0. The second kappa shape index (κ2) is 7.17. The highest BCUT2D eigenvalue weighted by molar-refractivity contribution is 6.08. The Morgan fingerprint density at radius 2 is 0.786 bits per heavy atom. The zero-order chi connectivity index (χ0) is 18.8. The van der Waals surface area contributed by atoms with Crippen LogP contribution in [-0.2, 0) is 0 Å². The third-order valence-electron chi connectivity index (χ3n) is 5.28. The molecule has 0 heterocycles. The van der Waals surface area contributed by atoms with Crippen LogP contribution in [0.4, 0.5) is 0 Å². The highest BCUT2D eigenvalue weighted by Crippen LogP contribution is 2.41. The highest BCUT2D eigenvalue weighted by atomic mass is 14.2. The van der Waals surface area contributed by atoms with E-state index in [4.69, 9.17) is 0 Å². The largest absolute Gasteiger partial charge is 0.0622 e. The maximum atomic E-state index is 2.24. The number of rotatable bonds is 2. The van der Waals surface area contributed by atoms with Gasteiger partial charge in [0.1, 0.15) is 0 Å². The molecule has 28 heavy (non-hydrogen) atoms. The minimum absolute atomic E-state index is 1.23. The van der Waals surface area contributed by atoms with Crippen LogP contribution in [0.3, 0.4) is 0 Å². The summed E-state index contributed by atoms with van der Waals surface area (Å²) in [6.07, 6.45) is 4.46. The summed E-state index contributed by atoms with van der Waals surface area (Å²) in [5, 5.41) is 0. The zero-order valence-corrected chi connectivity index (χ0v) is 15.5. The first-order chi connectivity index (χ1) is 13.9. The Balaban J connectivity index is 1.95. The van der Waals surface area contributed by atoms with Gasteiger partial charge in [0.25, 0.3) is 0 Å². The van der Waals surface area contributed by atoms with E-state index in [-0.39, 0.29) is 0 Å². The first kappa shape index (κ1) is 16.5. The van der Waals surface area contributed by atoms with Gasteiger partial charge in [-0.1, -0.05) is 121 Å². The Morgan fingerprint density at radius 3 is 1.25 bits per heavy atom. The molecule has 0 aromatic heterocycles. The van der Waals surface area contributed by atoms with Crippen molar-refractivity contribution in [3.05, 3.63) is 143 Å². The minimum Gasteiger partial charge on any atom is -0.0622 e. The van der Waals surface area contributed by atoms with Crippen LogP contribution in [-0.4, -0.2) is 0 Å². The van der Waals surface area contributed by atoms with Crippen molar-refractivity contribution in [3.63, 3.8) is 0 Å². The molecule has 0 amide bonds. The fraction of sp³-hybridized carbons (Fsp3) is 0. The van der Waals surface area contributed by atoms with Crippen LogP contribution < -0.4 is 0 Å². The van der Waals surface area contributed by atoms with Gasteiger partial charge in [-0.2, -0.15) is 0 Å². The predicted octanol–water partition coefficient (Wildman–Crippen LogP) is 7.18. The van der Waals surface area contributed by atoms with Gasteiger partial charge >= 0.3 is 0 Å². The van der Waals surface area contributed by atoms with Gasteiger partial charge in [0.15, 0.2) is 0 Å². The van der Waals surface area contributed by atoms with Crippen molar-refractivity contribution < 1.29 is 0 Å².